The summed E-state index contributed by atoms with van der Waals surface area (Å²) in [7, 11) is 0. The lowest BCUT2D eigenvalue weighted by molar-refractivity contribution is -0.140. The van der Waals surface area contributed by atoms with Crippen molar-refractivity contribution in [3.8, 4) is 0 Å². The standard InChI is InChI=1S/C24H34FN3O2/c1-16-14-27(10-11-28(16)24(30)19-6-3-4-7-19)15-20-12-21(25)13-22(17(20)2)26-23(29)18-8-5-9-18/h12-13,16,18-19H,3-11,14-15H2,1-2H3,(H,26,29)/t16-/m0/s1. The zero-order chi connectivity index (χ0) is 21.3. The summed E-state index contributed by atoms with van der Waals surface area (Å²) in [6.07, 6.45) is 7.35. The summed E-state index contributed by atoms with van der Waals surface area (Å²) < 4.78 is 14.3. The summed E-state index contributed by atoms with van der Waals surface area (Å²) >= 11 is 0. The van der Waals surface area contributed by atoms with Crippen LogP contribution in [0.4, 0.5) is 10.1 Å². The van der Waals surface area contributed by atoms with Gasteiger partial charge in [0.25, 0.3) is 0 Å². The van der Waals surface area contributed by atoms with E-state index >= 15 is 0 Å². The van der Waals surface area contributed by atoms with Crippen molar-refractivity contribution in [2.45, 2.75) is 71.4 Å². The first kappa shape index (κ1) is 21.3. The van der Waals surface area contributed by atoms with Crippen molar-refractivity contribution in [1.82, 2.24) is 9.80 Å². The van der Waals surface area contributed by atoms with Crippen molar-refractivity contribution >= 4 is 17.5 Å². The SMILES string of the molecule is Cc1c(CN2CCN(C(=O)C3CCCC3)[C@@H](C)C2)cc(F)cc1NC(=O)C1CCC1. The molecule has 30 heavy (non-hydrogen) atoms. The highest BCUT2D eigenvalue weighted by Crippen LogP contribution is 2.30. The zero-order valence-electron chi connectivity index (χ0n) is 18.3. The van der Waals surface area contributed by atoms with Gasteiger partial charge in [0.15, 0.2) is 0 Å². The molecular formula is C24H34FN3O2. The van der Waals surface area contributed by atoms with Crippen molar-refractivity contribution in [2.24, 2.45) is 11.8 Å². The third kappa shape index (κ3) is 4.53. The first-order valence-electron chi connectivity index (χ1n) is 11.5. The molecule has 5 nitrogen and oxygen atoms in total. The molecule has 2 amide bonds. The number of nitrogens with zero attached hydrogens (tertiary/aromatic N) is 2. The van der Waals surface area contributed by atoms with E-state index in [0.717, 1.165) is 62.9 Å². The molecule has 1 atom stereocenters. The molecule has 3 fully saturated rings. The number of benzene rings is 1. The van der Waals surface area contributed by atoms with E-state index in [1.807, 2.05) is 6.92 Å². The number of piperazine rings is 1. The van der Waals surface area contributed by atoms with Gasteiger partial charge in [-0.2, -0.15) is 0 Å². The summed E-state index contributed by atoms with van der Waals surface area (Å²) in [6, 6.07) is 3.17. The monoisotopic (exact) mass is 415 g/mol. The molecule has 1 saturated heterocycles. The lowest BCUT2D eigenvalue weighted by atomic mass is 9.84. The van der Waals surface area contributed by atoms with Crippen molar-refractivity contribution in [2.75, 3.05) is 25.0 Å². The molecule has 1 N–H and O–H groups in total. The molecule has 0 radical (unpaired) electrons. The molecule has 1 aromatic rings. The Hall–Kier alpha value is -1.95. The number of carbonyl (C=O) groups is 2. The molecule has 1 aliphatic heterocycles. The Morgan fingerprint density at radius 1 is 1.07 bits per heavy atom. The van der Waals surface area contributed by atoms with Gasteiger partial charge in [-0.15, -0.1) is 0 Å². The Kier molecular flexibility index (Phi) is 6.42. The smallest absolute Gasteiger partial charge is 0.227 e. The highest BCUT2D eigenvalue weighted by atomic mass is 19.1. The Morgan fingerprint density at radius 3 is 2.40 bits per heavy atom. The summed E-state index contributed by atoms with van der Waals surface area (Å²) in [6.45, 7) is 7.01. The van der Waals surface area contributed by atoms with Crippen LogP contribution in [0, 0.1) is 24.6 Å². The van der Waals surface area contributed by atoms with Gasteiger partial charge >= 0.3 is 0 Å². The van der Waals surface area contributed by atoms with Crippen LogP contribution in [-0.4, -0.2) is 47.3 Å². The van der Waals surface area contributed by atoms with Gasteiger partial charge in [0.05, 0.1) is 0 Å². The van der Waals surface area contributed by atoms with Crippen molar-refractivity contribution in [3.63, 3.8) is 0 Å². The normalized spacial score (nSPS) is 23.4. The second kappa shape index (κ2) is 9.04. The van der Waals surface area contributed by atoms with E-state index in [4.69, 9.17) is 0 Å². The summed E-state index contributed by atoms with van der Waals surface area (Å²) in [5.74, 6) is 0.299. The Labute approximate surface area is 179 Å². The zero-order valence-corrected chi connectivity index (χ0v) is 18.3. The third-order valence-electron chi connectivity index (χ3n) is 7.31. The lowest BCUT2D eigenvalue weighted by Gasteiger charge is -2.41. The molecule has 164 valence electrons. The Bertz CT molecular complexity index is 802. The number of hydrogen-bond acceptors (Lipinski definition) is 3. The van der Waals surface area contributed by atoms with Crippen molar-refractivity contribution in [3.05, 3.63) is 29.1 Å². The van der Waals surface area contributed by atoms with Gasteiger partial charge in [-0.1, -0.05) is 19.3 Å². The van der Waals surface area contributed by atoms with Gasteiger partial charge in [-0.25, -0.2) is 4.39 Å². The summed E-state index contributed by atoms with van der Waals surface area (Å²) in [5.41, 5.74) is 2.42. The first-order chi connectivity index (χ1) is 14.4. The predicted octanol–water partition coefficient (Wildman–Crippen LogP) is 4.10. The minimum atomic E-state index is -0.317. The average Bonchev–Trinajstić information content (AvgIpc) is 3.18. The molecule has 1 aromatic carbocycles. The lowest BCUT2D eigenvalue weighted by Crippen LogP contribution is -2.54. The quantitative estimate of drug-likeness (QED) is 0.788. The van der Waals surface area contributed by atoms with Crippen LogP contribution < -0.4 is 5.32 Å². The van der Waals surface area contributed by atoms with Gasteiger partial charge in [0.2, 0.25) is 11.8 Å². The van der Waals surface area contributed by atoms with Gasteiger partial charge in [0, 0.05) is 49.7 Å². The second-order valence-electron chi connectivity index (χ2n) is 9.45. The predicted molar refractivity (Wildman–Crippen MR) is 116 cm³/mol. The van der Waals surface area contributed by atoms with Crippen LogP contribution in [0.25, 0.3) is 0 Å². The average molecular weight is 416 g/mol. The van der Waals surface area contributed by atoms with Crippen molar-refractivity contribution < 1.29 is 14.0 Å². The van der Waals surface area contributed by atoms with Crippen LogP contribution in [-0.2, 0) is 16.1 Å². The number of carbonyl (C=O) groups excluding carboxylic acids is 2. The molecule has 0 aromatic heterocycles. The molecular weight excluding hydrogens is 381 g/mol. The van der Waals surface area contributed by atoms with Crippen LogP contribution in [0.1, 0.15) is 63.0 Å². The Balaban J connectivity index is 1.39. The number of rotatable bonds is 5. The van der Waals surface area contributed by atoms with Crippen LogP contribution in [0.5, 0.6) is 0 Å². The highest BCUT2D eigenvalue weighted by Gasteiger charge is 2.33. The summed E-state index contributed by atoms with van der Waals surface area (Å²) in [5, 5.41) is 2.94. The maximum Gasteiger partial charge on any atom is 0.227 e. The van der Waals surface area contributed by atoms with Gasteiger partial charge < -0.3 is 10.2 Å². The second-order valence-corrected chi connectivity index (χ2v) is 9.45. The number of hydrogen-bond donors (Lipinski definition) is 1. The van der Waals surface area contributed by atoms with Gasteiger partial charge in [-0.05, 0) is 62.8 Å². The minimum absolute atomic E-state index is 0.00793. The van der Waals surface area contributed by atoms with Gasteiger partial charge in [-0.3, -0.25) is 14.5 Å². The molecule has 0 bridgehead atoms. The van der Waals surface area contributed by atoms with Crippen LogP contribution in [0.15, 0.2) is 12.1 Å². The molecule has 6 heteroatoms. The van der Waals surface area contributed by atoms with Crippen LogP contribution >= 0.6 is 0 Å². The molecule has 2 aliphatic carbocycles. The fourth-order valence-electron chi connectivity index (χ4n) is 5.09. The fourth-order valence-corrected chi connectivity index (χ4v) is 5.09. The number of anilines is 1. The van der Waals surface area contributed by atoms with E-state index in [9.17, 15) is 14.0 Å². The van der Waals surface area contributed by atoms with E-state index in [2.05, 4.69) is 22.0 Å². The number of amides is 2. The maximum atomic E-state index is 14.3. The first-order valence-corrected chi connectivity index (χ1v) is 11.5. The molecule has 0 unspecified atom stereocenters. The largest absolute Gasteiger partial charge is 0.337 e. The number of halogens is 1. The molecule has 2 saturated carbocycles. The van der Waals surface area contributed by atoms with Crippen LogP contribution in [0.3, 0.4) is 0 Å². The summed E-state index contributed by atoms with van der Waals surface area (Å²) in [4.78, 5) is 29.5. The van der Waals surface area contributed by atoms with E-state index in [1.54, 1.807) is 6.07 Å². The topological polar surface area (TPSA) is 52.6 Å². The third-order valence-corrected chi connectivity index (χ3v) is 7.31. The molecule has 3 aliphatic rings. The maximum absolute atomic E-state index is 14.3. The Morgan fingerprint density at radius 2 is 1.77 bits per heavy atom. The van der Waals surface area contributed by atoms with E-state index in [0.29, 0.717) is 18.1 Å². The van der Waals surface area contributed by atoms with E-state index < -0.39 is 0 Å². The number of nitrogens with one attached hydrogen (secondary N) is 1. The highest BCUT2D eigenvalue weighted by molar-refractivity contribution is 5.93. The van der Waals surface area contributed by atoms with Gasteiger partial charge in [0.1, 0.15) is 5.82 Å². The molecule has 4 rings (SSSR count). The van der Waals surface area contributed by atoms with E-state index in [-0.39, 0.29) is 29.6 Å². The fraction of sp³-hybridized carbons (Fsp3) is 0.667. The van der Waals surface area contributed by atoms with Crippen LogP contribution in [0.2, 0.25) is 0 Å². The molecule has 0 spiro atoms. The molecule has 1 heterocycles. The van der Waals surface area contributed by atoms with E-state index in [1.165, 1.54) is 18.9 Å². The minimum Gasteiger partial charge on any atom is -0.337 e. The van der Waals surface area contributed by atoms with Crippen molar-refractivity contribution in [1.29, 1.82) is 0 Å².